The van der Waals surface area contributed by atoms with Crippen molar-refractivity contribution in [1.82, 2.24) is 14.8 Å². The predicted molar refractivity (Wildman–Crippen MR) is 157 cm³/mol. The van der Waals surface area contributed by atoms with Gasteiger partial charge < -0.3 is 14.8 Å². The van der Waals surface area contributed by atoms with Gasteiger partial charge in [0.1, 0.15) is 6.54 Å². The first-order chi connectivity index (χ1) is 20.3. The zero-order valence-corrected chi connectivity index (χ0v) is 24.1. The Hall–Kier alpha value is -4.67. The number of aromatic amines is 1. The topological polar surface area (TPSA) is 99.6 Å². The van der Waals surface area contributed by atoms with E-state index in [1.165, 1.54) is 40.1 Å². The molecule has 0 aliphatic rings. The number of nitro benzene ring substituents is 1. The minimum atomic E-state index is -4.48. The molecule has 43 heavy (non-hydrogen) atoms. The number of nitro groups is 1. The first-order valence-corrected chi connectivity index (χ1v) is 13.9. The highest BCUT2D eigenvalue weighted by Gasteiger charge is 2.30. The molecular formula is C32H33F3N4O4. The Morgan fingerprint density at radius 2 is 1.70 bits per heavy atom. The first kappa shape index (κ1) is 31.3. The fourth-order valence-corrected chi connectivity index (χ4v) is 4.95. The summed E-state index contributed by atoms with van der Waals surface area (Å²) in [5.41, 5.74) is 1.96. The second kappa shape index (κ2) is 13.1. The lowest BCUT2D eigenvalue weighted by molar-refractivity contribution is -0.385. The number of amides is 2. The molecule has 0 unspecified atom stereocenters. The molecule has 0 aliphatic heterocycles. The minimum absolute atomic E-state index is 0.00762. The van der Waals surface area contributed by atoms with Crippen LogP contribution < -0.4 is 0 Å². The van der Waals surface area contributed by atoms with E-state index in [4.69, 9.17) is 0 Å². The van der Waals surface area contributed by atoms with E-state index < -0.39 is 28.5 Å². The van der Waals surface area contributed by atoms with Crippen molar-refractivity contribution in [2.75, 3.05) is 19.6 Å². The maximum absolute atomic E-state index is 13.8. The number of halogens is 3. The second-order valence-corrected chi connectivity index (χ2v) is 11.0. The molecule has 0 radical (unpaired) electrons. The van der Waals surface area contributed by atoms with E-state index in [9.17, 15) is 32.9 Å². The van der Waals surface area contributed by atoms with E-state index in [0.29, 0.717) is 17.5 Å². The molecule has 0 saturated heterocycles. The number of aromatic nitrogens is 1. The Morgan fingerprint density at radius 3 is 2.35 bits per heavy atom. The standard InChI is InChI=1S/C32H33F3N4O4/c1-21(2)18-38(31(41)24-11-8-22(3)29(16-24)39(42)43)20-30(40)37(19-23-9-12-26(13-10-23)32(33,34)35)15-14-25-17-36-28-7-5-4-6-27(25)28/h4-13,16-17,21,36H,14-15,18-20H2,1-3H3. The fourth-order valence-electron chi connectivity index (χ4n) is 4.95. The molecular weight excluding hydrogens is 561 g/mol. The van der Waals surface area contributed by atoms with Gasteiger partial charge in [0.15, 0.2) is 0 Å². The molecule has 4 rings (SSSR count). The summed E-state index contributed by atoms with van der Waals surface area (Å²) in [6.07, 6.45) is -2.14. The van der Waals surface area contributed by atoms with E-state index in [1.54, 1.807) is 6.92 Å². The largest absolute Gasteiger partial charge is 0.416 e. The van der Waals surface area contributed by atoms with Crippen LogP contribution in [0.5, 0.6) is 0 Å². The lowest BCUT2D eigenvalue weighted by Gasteiger charge is -2.29. The molecule has 3 aromatic carbocycles. The SMILES string of the molecule is Cc1ccc(C(=O)N(CC(=O)N(CCc2c[nH]c3ccccc23)Cc2ccc(C(F)(F)F)cc2)CC(C)C)cc1[N+](=O)[O-]. The summed E-state index contributed by atoms with van der Waals surface area (Å²) >= 11 is 0. The van der Waals surface area contributed by atoms with Crippen molar-refractivity contribution in [2.45, 2.75) is 39.9 Å². The van der Waals surface area contributed by atoms with E-state index in [2.05, 4.69) is 4.98 Å². The van der Waals surface area contributed by atoms with Crippen LogP contribution in [-0.2, 0) is 23.9 Å². The van der Waals surface area contributed by atoms with Crippen LogP contribution in [0.2, 0.25) is 0 Å². The molecule has 0 atom stereocenters. The normalized spacial score (nSPS) is 11.6. The average Bonchev–Trinajstić information content (AvgIpc) is 3.37. The minimum Gasteiger partial charge on any atom is -0.361 e. The van der Waals surface area contributed by atoms with E-state index in [-0.39, 0.29) is 43.3 Å². The number of para-hydroxylation sites is 1. The summed E-state index contributed by atoms with van der Waals surface area (Å²) in [6, 6.07) is 16.6. The molecule has 0 saturated carbocycles. The summed E-state index contributed by atoms with van der Waals surface area (Å²) in [7, 11) is 0. The Kier molecular flexibility index (Phi) is 9.53. The predicted octanol–water partition coefficient (Wildman–Crippen LogP) is 6.77. The van der Waals surface area contributed by atoms with Crippen LogP contribution in [0.25, 0.3) is 10.9 Å². The number of nitrogens with zero attached hydrogens (tertiary/aromatic N) is 3. The van der Waals surface area contributed by atoms with E-state index in [1.807, 2.05) is 44.3 Å². The summed E-state index contributed by atoms with van der Waals surface area (Å²) < 4.78 is 39.4. The lowest BCUT2D eigenvalue weighted by atomic mass is 10.1. The summed E-state index contributed by atoms with van der Waals surface area (Å²) in [5.74, 6) is -0.918. The van der Waals surface area contributed by atoms with Gasteiger partial charge in [0.25, 0.3) is 11.6 Å². The van der Waals surface area contributed by atoms with Gasteiger partial charge in [0.2, 0.25) is 5.91 Å². The van der Waals surface area contributed by atoms with Gasteiger partial charge in [-0.25, -0.2) is 0 Å². The van der Waals surface area contributed by atoms with Crippen molar-refractivity contribution in [3.8, 4) is 0 Å². The van der Waals surface area contributed by atoms with Crippen molar-refractivity contribution < 1.29 is 27.7 Å². The van der Waals surface area contributed by atoms with Gasteiger partial charge in [-0.15, -0.1) is 0 Å². The van der Waals surface area contributed by atoms with Gasteiger partial charge in [-0.2, -0.15) is 13.2 Å². The van der Waals surface area contributed by atoms with Crippen LogP contribution in [0.1, 0.15) is 46.5 Å². The van der Waals surface area contributed by atoms with E-state index >= 15 is 0 Å². The number of nitrogens with one attached hydrogen (secondary N) is 1. The maximum atomic E-state index is 13.8. The van der Waals surface area contributed by atoms with Gasteiger partial charge in [0, 0.05) is 53.9 Å². The number of fused-ring (bicyclic) bond motifs is 1. The van der Waals surface area contributed by atoms with Gasteiger partial charge >= 0.3 is 6.18 Å². The number of rotatable bonds is 11. The number of benzene rings is 3. The average molecular weight is 595 g/mol. The summed E-state index contributed by atoms with van der Waals surface area (Å²) in [4.78, 5) is 44.3. The van der Waals surface area contributed by atoms with Crippen molar-refractivity contribution in [1.29, 1.82) is 0 Å². The third kappa shape index (κ3) is 7.79. The monoisotopic (exact) mass is 594 g/mol. The number of carbonyl (C=O) groups excluding carboxylic acids is 2. The molecule has 0 fully saturated rings. The fraction of sp³-hybridized carbons (Fsp3) is 0.312. The highest BCUT2D eigenvalue weighted by molar-refractivity contribution is 5.97. The van der Waals surface area contributed by atoms with Crippen molar-refractivity contribution in [2.24, 2.45) is 5.92 Å². The number of H-pyrrole nitrogens is 1. The van der Waals surface area contributed by atoms with Gasteiger partial charge in [-0.1, -0.05) is 50.2 Å². The Labute approximate surface area is 247 Å². The molecule has 0 bridgehead atoms. The molecule has 226 valence electrons. The van der Waals surface area contributed by atoms with Crippen LogP contribution >= 0.6 is 0 Å². The number of hydrogen-bond donors (Lipinski definition) is 1. The number of aryl methyl sites for hydroxylation is 1. The molecule has 1 aromatic heterocycles. The lowest BCUT2D eigenvalue weighted by Crippen LogP contribution is -2.44. The van der Waals surface area contributed by atoms with E-state index in [0.717, 1.165) is 28.6 Å². The van der Waals surface area contributed by atoms with Gasteiger partial charge in [0.05, 0.1) is 10.5 Å². The molecule has 1 N–H and O–H groups in total. The Balaban J connectivity index is 1.60. The Morgan fingerprint density at radius 1 is 1.00 bits per heavy atom. The highest BCUT2D eigenvalue weighted by atomic mass is 19.4. The number of carbonyl (C=O) groups is 2. The van der Waals surface area contributed by atoms with Crippen LogP contribution in [0.4, 0.5) is 18.9 Å². The molecule has 11 heteroatoms. The first-order valence-electron chi connectivity index (χ1n) is 13.9. The van der Waals surface area contributed by atoms with Crippen molar-refractivity contribution in [3.63, 3.8) is 0 Å². The van der Waals surface area contributed by atoms with Crippen LogP contribution in [0.3, 0.4) is 0 Å². The summed E-state index contributed by atoms with van der Waals surface area (Å²) in [5, 5.41) is 12.5. The molecule has 2 amide bonds. The third-order valence-electron chi connectivity index (χ3n) is 7.19. The quantitative estimate of drug-likeness (QED) is 0.153. The maximum Gasteiger partial charge on any atom is 0.416 e. The molecule has 0 aliphatic carbocycles. The van der Waals surface area contributed by atoms with Crippen LogP contribution in [0, 0.1) is 23.0 Å². The van der Waals surface area contributed by atoms with Crippen molar-refractivity contribution in [3.05, 3.63) is 111 Å². The van der Waals surface area contributed by atoms with Crippen LogP contribution in [-0.4, -0.2) is 51.2 Å². The zero-order chi connectivity index (χ0) is 31.3. The van der Waals surface area contributed by atoms with Crippen molar-refractivity contribution >= 4 is 28.4 Å². The smallest absolute Gasteiger partial charge is 0.361 e. The second-order valence-electron chi connectivity index (χ2n) is 11.0. The molecule has 4 aromatic rings. The molecule has 1 heterocycles. The molecule has 8 nitrogen and oxygen atoms in total. The number of alkyl halides is 3. The third-order valence-corrected chi connectivity index (χ3v) is 7.19. The van der Waals surface area contributed by atoms with Crippen LogP contribution in [0.15, 0.2) is 72.9 Å². The highest BCUT2D eigenvalue weighted by Crippen LogP contribution is 2.29. The summed E-state index contributed by atoms with van der Waals surface area (Å²) in [6.45, 7) is 5.57. The zero-order valence-electron chi connectivity index (χ0n) is 24.1. The number of hydrogen-bond acceptors (Lipinski definition) is 4. The molecule has 0 spiro atoms. The van der Waals surface area contributed by atoms with Gasteiger partial charge in [-0.3, -0.25) is 19.7 Å². The van der Waals surface area contributed by atoms with Gasteiger partial charge in [-0.05, 0) is 54.7 Å². The Bertz CT molecular complexity index is 1610.